The van der Waals surface area contributed by atoms with Crippen LogP contribution in [0.4, 0.5) is 5.69 Å². The topological polar surface area (TPSA) is 78.4 Å². The Labute approximate surface area is 114 Å². The molecule has 0 aliphatic heterocycles. The Balaban J connectivity index is 2.61. The third-order valence-corrected chi connectivity index (χ3v) is 2.32. The van der Waals surface area contributed by atoms with E-state index in [-0.39, 0.29) is 6.54 Å². The third kappa shape index (κ3) is 4.91. The largest absolute Gasteiger partial charge is 0.392 e. The zero-order valence-corrected chi connectivity index (χ0v) is 11.0. The second kappa shape index (κ2) is 6.58. The monoisotopic (exact) mass is 290 g/mol. The van der Waals surface area contributed by atoms with Crippen molar-refractivity contribution in [2.45, 2.75) is 13.0 Å². The lowest BCUT2D eigenvalue weighted by Gasteiger charge is -2.08. The summed E-state index contributed by atoms with van der Waals surface area (Å²) in [6.45, 7) is 1.50. The first kappa shape index (κ1) is 14.8. The van der Waals surface area contributed by atoms with Gasteiger partial charge in [0.15, 0.2) is 0 Å². The van der Waals surface area contributed by atoms with E-state index in [1.165, 1.54) is 25.1 Å². The minimum atomic E-state index is -0.853. The molecule has 0 heterocycles. The maximum absolute atomic E-state index is 11.5. The van der Waals surface area contributed by atoms with Crippen LogP contribution in [0.1, 0.15) is 6.92 Å². The molecule has 0 aromatic heterocycles. The van der Waals surface area contributed by atoms with Gasteiger partial charge in [-0.1, -0.05) is 23.2 Å². The SMILES string of the molecule is CC(O)CNC(=O)C(=O)Nc1cc(Cl)cc(Cl)c1. The molecule has 2 amide bonds. The van der Waals surface area contributed by atoms with Crippen LogP contribution in [0.25, 0.3) is 0 Å². The average molecular weight is 291 g/mol. The minimum absolute atomic E-state index is 0.00254. The van der Waals surface area contributed by atoms with Crippen molar-refractivity contribution in [1.29, 1.82) is 0 Å². The van der Waals surface area contributed by atoms with Crippen molar-refractivity contribution in [2.75, 3.05) is 11.9 Å². The van der Waals surface area contributed by atoms with E-state index in [0.717, 1.165) is 0 Å². The predicted molar refractivity (Wildman–Crippen MR) is 69.8 cm³/mol. The van der Waals surface area contributed by atoms with Gasteiger partial charge in [0, 0.05) is 22.3 Å². The summed E-state index contributed by atoms with van der Waals surface area (Å²) in [5.74, 6) is -1.69. The Kier molecular flexibility index (Phi) is 5.40. The van der Waals surface area contributed by atoms with Crippen LogP contribution >= 0.6 is 23.2 Å². The van der Waals surface area contributed by atoms with Crippen LogP contribution in [0.2, 0.25) is 10.0 Å². The van der Waals surface area contributed by atoms with E-state index in [4.69, 9.17) is 28.3 Å². The average Bonchev–Trinajstić information content (AvgIpc) is 2.24. The van der Waals surface area contributed by atoms with Gasteiger partial charge >= 0.3 is 11.8 Å². The zero-order valence-electron chi connectivity index (χ0n) is 9.54. The summed E-state index contributed by atoms with van der Waals surface area (Å²) < 4.78 is 0. The fourth-order valence-corrected chi connectivity index (χ4v) is 1.66. The van der Waals surface area contributed by atoms with E-state index in [2.05, 4.69) is 10.6 Å². The number of nitrogens with one attached hydrogen (secondary N) is 2. The molecule has 0 saturated heterocycles. The van der Waals surface area contributed by atoms with Crippen LogP contribution in [0.15, 0.2) is 18.2 Å². The summed E-state index contributed by atoms with van der Waals surface area (Å²) in [4.78, 5) is 22.8. The van der Waals surface area contributed by atoms with E-state index in [0.29, 0.717) is 15.7 Å². The number of hydrogen-bond acceptors (Lipinski definition) is 3. The van der Waals surface area contributed by atoms with Crippen LogP contribution in [-0.4, -0.2) is 29.6 Å². The van der Waals surface area contributed by atoms with Crippen LogP contribution in [0, 0.1) is 0 Å². The molecule has 0 saturated carbocycles. The molecule has 0 aliphatic rings. The Morgan fingerprint density at radius 1 is 1.22 bits per heavy atom. The molecule has 1 atom stereocenters. The highest BCUT2D eigenvalue weighted by Crippen LogP contribution is 2.22. The lowest BCUT2D eigenvalue weighted by molar-refractivity contribution is -0.136. The highest BCUT2D eigenvalue weighted by molar-refractivity contribution is 6.40. The number of carbonyl (C=O) groups is 2. The molecule has 7 heteroatoms. The van der Waals surface area contributed by atoms with Gasteiger partial charge in [-0.2, -0.15) is 0 Å². The third-order valence-electron chi connectivity index (χ3n) is 1.88. The van der Waals surface area contributed by atoms with E-state index >= 15 is 0 Å². The molecule has 98 valence electrons. The first-order valence-electron chi connectivity index (χ1n) is 5.12. The van der Waals surface area contributed by atoms with Crippen LogP contribution in [0.5, 0.6) is 0 Å². The van der Waals surface area contributed by atoms with Gasteiger partial charge in [-0.25, -0.2) is 0 Å². The maximum Gasteiger partial charge on any atom is 0.313 e. The van der Waals surface area contributed by atoms with Crippen molar-refractivity contribution in [3.8, 4) is 0 Å². The summed E-state index contributed by atoms with van der Waals surface area (Å²) in [6.07, 6.45) is -0.720. The molecule has 0 radical (unpaired) electrons. The molecule has 1 aromatic carbocycles. The predicted octanol–water partition coefficient (Wildman–Crippen LogP) is 1.43. The quantitative estimate of drug-likeness (QED) is 0.737. The van der Waals surface area contributed by atoms with Gasteiger partial charge in [0.25, 0.3) is 0 Å². The highest BCUT2D eigenvalue weighted by Gasteiger charge is 2.14. The van der Waals surface area contributed by atoms with Crippen LogP contribution in [0.3, 0.4) is 0 Å². The Morgan fingerprint density at radius 3 is 2.28 bits per heavy atom. The number of carbonyl (C=O) groups excluding carboxylic acids is 2. The van der Waals surface area contributed by atoms with Crippen molar-refractivity contribution in [2.24, 2.45) is 0 Å². The number of aliphatic hydroxyl groups excluding tert-OH is 1. The molecule has 18 heavy (non-hydrogen) atoms. The number of aliphatic hydroxyl groups is 1. The summed E-state index contributed by atoms with van der Waals surface area (Å²) >= 11 is 11.5. The molecule has 0 bridgehead atoms. The van der Waals surface area contributed by atoms with Crippen molar-refractivity contribution in [3.63, 3.8) is 0 Å². The highest BCUT2D eigenvalue weighted by atomic mass is 35.5. The number of anilines is 1. The van der Waals surface area contributed by atoms with Crippen molar-refractivity contribution in [1.82, 2.24) is 5.32 Å². The zero-order chi connectivity index (χ0) is 13.7. The van der Waals surface area contributed by atoms with E-state index < -0.39 is 17.9 Å². The smallest absolute Gasteiger partial charge is 0.313 e. The van der Waals surface area contributed by atoms with Gasteiger partial charge in [-0.05, 0) is 25.1 Å². The molecule has 1 unspecified atom stereocenters. The summed E-state index contributed by atoms with van der Waals surface area (Å²) in [7, 11) is 0. The molecule has 0 spiro atoms. The summed E-state index contributed by atoms with van der Waals surface area (Å²) in [5.41, 5.74) is 0.324. The fourth-order valence-electron chi connectivity index (χ4n) is 1.13. The van der Waals surface area contributed by atoms with Crippen LogP contribution < -0.4 is 10.6 Å². The molecular formula is C11H12Cl2N2O3. The molecule has 1 aromatic rings. The van der Waals surface area contributed by atoms with Crippen molar-refractivity contribution in [3.05, 3.63) is 28.2 Å². The van der Waals surface area contributed by atoms with Crippen molar-refractivity contribution < 1.29 is 14.7 Å². The Morgan fingerprint density at radius 2 is 1.78 bits per heavy atom. The molecule has 3 N–H and O–H groups in total. The first-order valence-corrected chi connectivity index (χ1v) is 5.87. The van der Waals surface area contributed by atoms with Crippen molar-refractivity contribution >= 4 is 40.7 Å². The van der Waals surface area contributed by atoms with Gasteiger partial charge in [0.1, 0.15) is 0 Å². The van der Waals surface area contributed by atoms with Crippen LogP contribution in [-0.2, 0) is 9.59 Å². The van der Waals surface area contributed by atoms with Gasteiger partial charge in [0.2, 0.25) is 0 Å². The number of amides is 2. The van der Waals surface area contributed by atoms with Gasteiger partial charge in [-0.15, -0.1) is 0 Å². The standard InChI is InChI=1S/C11H12Cl2N2O3/c1-6(16)5-14-10(17)11(18)15-9-3-7(12)2-8(13)4-9/h2-4,6,16H,5H2,1H3,(H,14,17)(H,15,18). The molecule has 5 nitrogen and oxygen atoms in total. The van der Waals surface area contributed by atoms with E-state index in [1.807, 2.05) is 0 Å². The number of halogens is 2. The lowest BCUT2D eigenvalue weighted by atomic mass is 10.3. The Hall–Kier alpha value is -1.30. The van der Waals surface area contributed by atoms with Gasteiger partial charge in [-0.3, -0.25) is 9.59 Å². The second-order valence-electron chi connectivity index (χ2n) is 3.67. The molecular weight excluding hydrogens is 279 g/mol. The summed E-state index contributed by atoms with van der Waals surface area (Å²) in [6, 6.07) is 4.44. The fraction of sp³-hybridized carbons (Fsp3) is 0.273. The number of rotatable bonds is 3. The Bertz CT molecular complexity index is 443. The van der Waals surface area contributed by atoms with E-state index in [9.17, 15) is 9.59 Å². The number of benzene rings is 1. The summed E-state index contributed by atoms with van der Waals surface area (Å²) in [5, 5.41) is 14.3. The normalized spacial score (nSPS) is 11.8. The van der Waals surface area contributed by atoms with Gasteiger partial charge in [0.05, 0.1) is 6.10 Å². The van der Waals surface area contributed by atoms with E-state index in [1.54, 1.807) is 0 Å². The molecule has 0 fully saturated rings. The second-order valence-corrected chi connectivity index (χ2v) is 4.54. The number of hydrogen-bond donors (Lipinski definition) is 3. The van der Waals surface area contributed by atoms with Gasteiger partial charge < -0.3 is 15.7 Å². The first-order chi connectivity index (χ1) is 8.38. The molecule has 0 aliphatic carbocycles. The lowest BCUT2D eigenvalue weighted by Crippen LogP contribution is -2.38. The maximum atomic E-state index is 11.5. The molecule has 1 rings (SSSR count). The minimum Gasteiger partial charge on any atom is -0.392 e.